The molecule has 2 rings (SSSR count). The Kier molecular flexibility index (Phi) is 3.91. The van der Waals surface area contributed by atoms with Crippen LogP contribution in [0.4, 0.5) is 5.82 Å². The molecule has 0 amide bonds. The molecule has 2 heterocycles. The van der Waals surface area contributed by atoms with Crippen molar-refractivity contribution < 1.29 is 4.79 Å². The van der Waals surface area contributed by atoms with Crippen LogP contribution < -0.4 is 4.90 Å². The van der Waals surface area contributed by atoms with Crippen LogP contribution in [-0.4, -0.2) is 18.3 Å². The van der Waals surface area contributed by atoms with Crippen LogP contribution in [0, 0.1) is 0 Å². The first-order valence-corrected chi connectivity index (χ1v) is 6.72. The molecule has 0 aliphatic heterocycles. The van der Waals surface area contributed by atoms with Gasteiger partial charge in [0.25, 0.3) is 0 Å². The number of thiophene rings is 1. The van der Waals surface area contributed by atoms with Gasteiger partial charge in [-0.15, -0.1) is 11.3 Å². The van der Waals surface area contributed by atoms with Gasteiger partial charge in [0.1, 0.15) is 5.82 Å². The van der Waals surface area contributed by atoms with E-state index in [2.05, 4.69) is 32.4 Å². The molecule has 0 saturated heterocycles. The van der Waals surface area contributed by atoms with Crippen molar-refractivity contribution in [2.45, 2.75) is 6.54 Å². The van der Waals surface area contributed by atoms with Gasteiger partial charge in [0.05, 0.1) is 9.35 Å². The number of anilines is 1. The van der Waals surface area contributed by atoms with E-state index in [1.54, 1.807) is 29.7 Å². The van der Waals surface area contributed by atoms with Gasteiger partial charge in [-0.3, -0.25) is 4.79 Å². The fourth-order valence-electron chi connectivity index (χ4n) is 1.60. The molecule has 0 aliphatic rings. The van der Waals surface area contributed by atoms with Crippen molar-refractivity contribution in [2.24, 2.45) is 0 Å². The molecule has 0 fully saturated rings. The molecule has 0 aromatic carbocycles. The van der Waals surface area contributed by atoms with Crippen LogP contribution in [0.2, 0.25) is 0 Å². The van der Waals surface area contributed by atoms with Gasteiger partial charge in [-0.2, -0.15) is 0 Å². The maximum absolute atomic E-state index is 10.9. The van der Waals surface area contributed by atoms with Gasteiger partial charge in [0, 0.05) is 19.8 Å². The van der Waals surface area contributed by atoms with Crippen LogP contribution in [0.5, 0.6) is 0 Å². The Bertz CT molecular complexity index is 527. The third-order valence-electron chi connectivity index (χ3n) is 2.35. The predicted molar refractivity (Wildman–Crippen MR) is 73.8 cm³/mol. The van der Waals surface area contributed by atoms with Gasteiger partial charge in [-0.25, -0.2) is 4.98 Å². The Balaban J connectivity index is 2.19. The molecule has 2 aromatic heterocycles. The molecular formula is C12H11BrN2OS. The second kappa shape index (κ2) is 5.42. The summed E-state index contributed by atoms with van der Waals surface area (Å²) in [5, 5.41) is 2.09. The number of aldehydes is 1. The quantitative estimate of drug-likeness (QED) is 0.812. The van der Waals surface area contributed by atoms with E-state index in [4.69, 9.17) is 0 Å². The number of rotatable bonds is 4. The molecule has 0 atom stereocenters. The zero-order valence-corrected chi connectivity index (χ0v) is 11.7. The minimum absolute atomic E-state index is 0.615. The van der Waals surface area contributed by atoms with E-state index in [1.165, 1.54) is 5.56 Å². The van der Waals surface area contributed by atoms with E-state index in [0.29, 0.717) is 11.4 Å². The number of hydrogen-bond acceptors (Lipinski definition) is 4. The van der Waals surface area contributed by atoms with E-state index in [-0.39, 0.29) is 0 Å². The fourth-order valence-corrected chi connectivity index (χ4v) is 2.80. The average molecular weight is 311 g/mol. The Hall–Kier alpha value is -1.20. The Morgan fingerprint density at radius 2 is 2.41 bits per heavy atom. The zero-order chi connectivity index (χ0) is 12.3. The summed E-state index contributed by atoms with van der Waals surface area (Å²) in [4.78, 5) is 17.1. The maximum Gasteiger partial charge on any atom is 0.153 e. The summed E-state index contributed by atoms with van der Waals surface area (Å²) >= 11 is 5.09. The molecule has 0 N–H and O–H groups in total. The van der Waals surface area contributed by atoms with Crippen molar-refractivity contribution >= 4 is 39.4 Å². The highest BCUT2D eigenvalue weighted by molar-refractivity contribution is 9.11. The Morgan fingerprint density at radius 1 is 1.59 bits per heavy atom. The van der Waals surface area contributed by atoms with Crippen LogP contribution in [0.15, 0.2) is 33.6 Å². The number of halogens is 1. The summed E-state index contributed by atoms with van der Waals surface area (Å²) in [6.45, 7) is 0.736. The number of carbonyl (C=O) groups excluding carboxylic acids is 1. The number of nitrogens with zero attached hydrogens (tertiary/aromatic N) is 2. The van der Waals surface area contributed by atoms with Crippen LogP contribution in [-0.2, 0) is 6.54 Å². The molecule has 0 aliphatic carbocycles. The largest absolute Gasteiger partial charge is 0.355 e. The van der Waals surface area contributed by atoms with E-state index in [9.17, 15) is 4.79 Å². The molecule has 5 heteroatoms. The van der Waals surface area contributed by atoms with Gasteiger partial charge in [0.15, 0.2) is 6.29 Å². The fraction of sp³-hybridized carbons (Fsp3) is 0.167. The lowest BCUT2D eigenvalue weighted by Crippen LogP contribution is -2.18. The van der Waals surface area contributed by atoms with E-state index < -0.39 is 0 Å². The number of pyridine rings is 1. The van der Waals surface area contributed by atoms with E-state index in [1.807, 2.05) is 11.9 Å². The van der Waals surface area contributed by atoms with Gasteiger partial charge in [-0.05, 0) is 45.1 Å². The lowest BCUT2D eigenvalue weighted by molar-refractivity contribution is 0.112. The molecule has 0 spiro atoms. The minimum Gasteiger partial charge on any atom is -0.355 e. The van der Waals surface area contributed by atoms with E-state index >= 15 is 0 Å². The average Bonchev–Trinajstić information content (AvgIpc) is 2.74. The number of aromatic nitrogens is 1. The van der Waals surface area contributed by atoms with Gasteiger partial charge >= 0.3 is 0 Å². The maximum atomic E-state index is 10.9. The van der Waals surface area contributed by atoms with Crippen LogP contribution >= 0.6 is 27.3 Å². The first kappa shape index (κ1) is 12.3. The SMILES string of the molecule is CN(Cc1csc(Br)c1)c1ncccc1C=O. The number of hydrogen-bond donors (Lipinski definition) is 0. The summed E-state index contributed by atoms with van der Waals surface area (Å²) in [7, 11) is 1.93. The van der Waals surface area contributed by atoms with Gasteiger partial charge < -0.3 is 4.90 Å². The highest BCUT2D eigenvalue weighted by atomic mass is 79.9. The summed E-state index contributed by atoms with van der Waals surface area (Å²) in [5.41, 5.74) is 1.82. The van der Waals surface area contributed by atoms with E-state index in [0.717, 1.165) is 16.6 Å². The first-order valence-electron chi connectivity index (χ1n) is 5.05. The normalized spacial score (nSPS) is 10.2. The highest BCUT2D eigenvalue weighted by Gasteiger charge is 2.09. The summed E-state index contributed by atoms with van der Waals surface area (Å²) < 4.78 is 1.11. The zero-order valence-electron chi connectivity index (χ0n) is 9.26. The minimum atomic E-state index is 0.615. The molecule has 88 valence electrons. The second-order valence-electron chi connectivity index (χ2n) is 3.65. The van der Waals surface area contributed by atoms with Crippen LogP contribution in [0.25, 0.3) is 0 Å². The molecule has 3 nitrogen and oxygen atoms in total. The predicted octanol–water partition coefficient (Wildman–Crippen LogP) is 3.35. The molecule has 0 unspecified atom stereocenters. The monoisotopic (exact) mass is 310 g/mol. The second-order valence-corrected chi connectivity index (χ2v) is 5.94. The Morgan fingerprint density at radius 3 is 3.06 bits per heavy atom. The third kappa shape index (κ3) is 2.92. The molecule has 0 bridgehead atoms. The van der Waals surface area contributed by atoms with Gasteiger partial charge in [0.2, 0.25) is 0 Å². The molecule has 0 saturated carbocycles. The van der Waals surface area contributed by atoms with Crippen molar-refractivity contribution in [1.82, 2.24) is 4.98 Å². The summed E-state index contributed by atoms with van der Waals surface area (Å²) in [6, 6.07) is 5.61. The van der Waals surface area contributed by atoms with Crippen LogP contribution in [0.1, 0.15) is 15.9 Å². The highest BCUT2D eigenvalue weighted by Crippen LogP contribution is 2.23. The van der Waals surface area contributed by atoms with Crippen molar-refractivity contribution in [3.05, 3.63) is 44.7 Å². The van der Waals surface area contributed by atoms with Crippen molar-refractivity contribution in [2.75, 3.05) is 11.9 Å². The Labute approximate surface area is 112 Å². The third-order valence-corrected chi connectivity index (χ3v) is 3.90. The smallest absolute Gasteiger partial charge is 0.153 e. The summed E-state index contributed by atoms with van der Waals surface area (Å²) in [5.74, 6) is 0.713. The molecule has 0 radical (unpaired) electrons. The number of carbonyl (C=O) groups is 1. The summed E-state index contributed by atoms with van der Waals surface area (Å²) in [6.07, 6.45) is 2.53. The lowest BCUT2D eigenvalue weighted by Gasteiger charge is -2.18. The van der Waals surface area contributed by atoms with Crippen molar-refractivity contribution in [1.29, 1.82) is 0 Å². The van der Waals surface area contributed by atoms with Crippen molar-refractivity contribution in [3.8, 4) is 0 Å². The van der Waals surface area contributed by atoms with Gasteiger partial charge in [-0.1, -0.05) is 0 Å². The van der Waals surface area contributed by atoms with Crippen molar-refractivity contribution in [3.63, 3.8) is 0 Å². The topological polar surface area (TPSA) is 33.2 Å². The lowest BCUT2D eigenvalue weighted by atomic mass is 10.2. The van der Waals surface area contributed by atoms with Crippen LogP contribution in [0.3, 0.4) is 0 Å². The molecule has 2 aromatic rings. The first-order chi connectivity index (χ1) is 8.20. The standard InChI is InChI=1S/C12H11BrN2OS/c1-15(6-9-5-11(13)17-8-9)12-10(7-16)3-2-4-14-12/h2-5,7-8H,6H2,1H3. The molecule has 17 heavy (non-hydrogen) atoms. The molecular weight excluding hydrogens is 300 g/mol.